The van der Waals surface area contributed by atoms with Gasteiger partial charge in [-0.15, -0.1) is 0 Å². The molecule has 5 aliphatic carbocycles. The van der Waals surface area contributed by atoms with Crippen LogP contribution in [0, 0.1) is 50.2 Å². The fraction of sp³-hybridized carbons (Fsp3) is 0.848. The second-order valence-electron chi connectivity index (χ2n) is 16.3. The molecule has 0 aromatic rings. The highest BCUT2D eigenvalue weighted by Gasteiger charge is 2.70. The zero-order valence-electron chi connectivity index (χ0n) is 25.3. The first kappa shape index (κ1) is 27.9. The number of allylic oxidation sites excluding steroid dienone is 2. The molecule has 0 radical (unpaired) electrons. The molecular formula is C33H52N2O3. The van der Waals surface area contributed by atoms with Crippen molar-refractivity contribution in [3.05, 3.63) is 11.6 Å². The molecule has 212 valence electrons. The van der Waals surface area contributed by atoms with Gasteiger partial charge in [0.25, 0.3) is 0 Å². The van der Waals surface area contributed by atoms with Crippen molar-refractivity contribution in [1.82, 2.24) is 5.32 Å². The number of rotatable bonds is 3. The predicted octanol–water partition coefficient (Wildman–Crippen LogP) is 6.35. The van der Waals surface area contributed by atoms with E-state index in [1.807, 2.05) is 0 Å². The van der Waals surface area contributed by atoms with E-state index in [4.69, 9.17) is 5.73 Å². The minimum Gasteiger partial charge on any atom is -0.370 e. The van der Waals surface area contributed by atoms with Crippen molar-refractivity contribution in [2.45, 2.75) is 126 Å². The summed E-state index contributed by atoms with van der Waals surface area (Å²) in [6.07, 6.45) is 12.0. The summed E-state index contributed by atoms with van der Waals surface area (Å²) in [5.41, 5.74) is 6.93. The molecule has 4 fully saturated rings. The first-order valence-electron chi connectivity index (χ1n) is 15.2. The second-order valence-corrected chi connectivity index (χ2v) is 16.3. The van der Waals surface area contributed by atoms with E-state index in [1.165, 1.54) is 12.0 Å². The lowest BCUT2D eigenvalue weighted by Crippen LogP contribution is -2.67. The fourth-order valence-corrected chi connectivity index (χ4v) is 11.3. The molecule has 0 aromatic carbocycles. The Kier molecular flexibility index (Phi) is 6.19. The molecule has 0 aliphatic heterocycles. The van der Waals surface area contributed by atoms with Gasteiger partial charge in [0.2, 0.25) is 11.8 Å². The number of ketones is 1. The summed E-state index contributed by atoms with van der Waals surface area (Å²) in [4.78, 5) is 38.5. The highest BCUT2D eigenvalue weighted by atomic mass is 16.2. The molecular weight excluding hydrogens is 472 g/mol. The molecule has 0 spiro atoms. The van der Waals surface area contributed by atoms with E-state index in [0.29, 0.717) is 24.0 Å². The van der Waals surface area contributed by atoms with Gasteiger partial charge < -0.3 is 11.1 Å². The zero-order chi connectivity index (χ0) is 28.1. The largest absolute Gasteiger partial charge is 0.370 e. The van der Waals surface area contributed by atoms with Crippen LogP contribution in [0.15, 0.2) is 11.6 Å². The van der Waals surface area contributed by atoms with Crippen LogP contribution in [0.25, 0.3) is 0 Å². The number of primary amides is 1. The van der Waals surface area contributed by atoms with E-state index in [1.54, 1.807) is 6.92 Å². The number of nitrogens with two attached hydrogens (primary N) is 1. The van der Waals surface area contributed by atoms with Crippen LogP contribution in [-0.4, -0.2) is 23.6 Å². The average Bonchev–Trinajstić information content (AvgIpc) is 2.77. The van der Waals surface area contributed by atoms with Gasteiger partial charge in [0.05, 0.1) is 0 Å². The Bertz CT molecular complexity index is 1090. The maximum Gasteiger partial charge on any atom is 0.217 e. The van der Waals surface area contributed by atoms with Crippen LogP contribution in [-0.2, 0) is 14.4 Å². The lowest BCUT2D eigenvalue weighted by Gasteiger charge is -2.70. The van der Waals surface area contributed by atoms with Crippen LogP contribution >= 0.6 is 0 Å². The van der Waals surface area contributed by atoms with E-state index in [9.17, 15) is 14.4 Å². The Hall–Kier alpha value is -1.65. The first-order valence-corrected chi connectivity index (χ1v) is 15.2. The number of fused-ring (bicyclic) bond motifs is 7. The summed E-state index contributed by atoms with van der Waals surface area (Å²) < 4.78 is 0. The van der Waals surface area contributed by atoms with E-state index < -0.39 is 0 Å². The van der Waals surface area contributed by atoms with Crippen molar-refractivity contribution in [3.8, 4) is 0 Å². The average molecular weight is 525 g/mol. The highest BCUT2D eigenvalue weighted by molar-refractivity contribution is 5.95. The van der Waals surface area contributed by atoms with Gasteiger partial charge in [-0.1, -0.05) is 54.0 Å². The van der Waals surface area contributed by atoms with Crippen LogP contribution in [0.5, 0.6) is 0 Å². The Morgan fingerprint density at radius 2 is 1.61 bits per heavy atom. The molecule has 0 aromatic heterocycles. The zero-order valence-corrected chi connectivity index (χ0v) is 25.3. The van der Waals surface area contributed by atoms with E-state index in [0.717, 1.165) is 51.4 Å². The topological polar surface area (TPSA) is 89.3 Å². The lowest BCUT2D eigenvalue weighted by molar-refractivity contribution is -0.189. The van der Waals surface area contributed by atoms with Crippen LogP contribution in [0.4, 0.5) is 0 Å². The van der Waals surface area contributed by atoms with Crippen LogP contribution in [0.3, 0.4) is 0 Å². The van der Waals surface area contributed by atoms with E-state index >= 15 is 0 Å². The SMILES string of the molecule is CC(=O)NC1CC[C@]2(C)[C@H]3C(=O)C=C4[C@@H]5C[C@@](C)(CC(N)=O)CC[C@@]5(C)CC[C@@]4(C)[C@]3(C)CC[C@H]2C1(C)C. The molecule has 2 amide bonds. The summed E-state index contributed by atoms with van der Waals surface area (Å²) in [6.45, 7) is 18.3. The first-order chi connectivity index (χ1) is 17.4. The third-order valence-electron chi connectivity index (χ3n) is 13.7. The second kappa shape index (κ2) is 8.43. The summed E-state index contributed by atoms with van der Waals surface area (Å²) in [5, 5.41) is 3.26. The van der Waals surface area contributed by atoms with Gasteiger partial charge in [0.15, 0.2) is 5.78 Å². The van der Waals surface area contributed by atoms with E-state index in [2.05, 4.69) is 59.9 Å². The Labute approximate surface area is 230 Å². The molecule has 0 bridgehead atoms. The third-order valence-corrected chi connectivity index (χ3v) is 13.7. The number of hydrogen-bond acceptors (Lipinski definition) is 3. The van der Waals surface area contributed by atoms with Crippen molar-refractivity contribution < 1.29 is 14.4 Å². The van der Waals surface area contributed by atoms with Crippen LogP contribution in [0.2, 0.25) is 0 Å². The van der Waals surface area contributed by atoms with Crippen molar-refractivity contribution >= 4 is 17.6 Å². The number of carbonyl (C=O) groups is 3. The maximum atomic E-state index is 14.5. The molecule has 4 saturated carbocycles. The van der Waals surface area contributed by atoms with Gasteiger partial charge in [-0.3, -0.25) is 14.4 Å². The fourth-order valence-electron chi connectivity index (χ4n) is 11.3. The Morgan fingerprint density at radius 1 is 0.947 bits per heavy atom. The number of amides is 2. The molecule has 5 rings (SSSR count). The van der Waals surface area contributed by atoms with Gasteiger partial charge in [-0.05, 0) is 108 Å². The predicted molar refractivity (Wildman–Crippen MR) is 151 cm³/mol. The number of hydrogen-bond donors (Lipinski definition) is 2. The summed E-state index contributed by atoms with van der Waals surface area (Å²) in [6, 6.07) is 0.156. The molecule has 9 atom stereocenters. The molecule has 38 heavy (non-hydrogen) atoms. The van der Waals surface area contributed by atoms with E-state index in [-0.39, 0.29) is 56.3 Å². The van der Waals surface area contributed by atoms with Gasteiger partial charge in [-0.25, -0.2) is 0 Å². The highest BCUT2D eigenvalue weighted by Crippen LogP contribution is 2.75. The molecule has 5 nitrogen and oxygen atoms in total. The summed E-state index contributed by atoms with van der Waals surface area (Å²) in [7, 11) is 0. The quantitative estimate of drug-likeness (QED) is 0.451. The standard InChI is InChI=1S/C33H52N2O3/c1-20(36)35-25-10-11-31(6)24(28(25,2)3)9-12-33(8)27(31)23(37)17-21-22-18-29(4,19-26(34)38)13-14-30(22,5)15-16-32(21,33)7/h17,22,24-25,27H,9-16,18-19H2,1-8H3,(H2,34,38)(H,35,36)/t22-,24-,25?,27+,29-,30-,31-,32+,33+/m0/s1. The van der Waals surface area contributed by atoms with Gasteiger partial charge in [0.1, 0.15) is 0 Å². The normalized spacial score (nSPS) is 49.5. The van der Waals surface area contributed by atoms with Gasteiger partial charge >= 0.3 is 0 Å². The molecule has 0 saturated heterocycles. The Morgan fingerprint density at radius 3 is 2.24 bits per heavy atom. The molecule has 0 heterocycles. The van der Waals surface area contributed by atoms with Crippen molar-refractivity contribution in [2.75, 3.05) is 0 Å². The summed E-state index contributed by atoms with van der Waals surface area (Å²) >= 11 is 0. The summed E-state index contributed by atoms with van der Waals surface area (Å²) in [5.74, 6) is 0.904. The minimum absolute atomic E-state index is 0.00463. The number of carbonyl (C=O) groups excluding carboxylic acids is 3. The lowest BCUT2D eigenvalue weighted by atomic mass is 9.33. The van der Waals surface area contributed by atoms with Gasteiger partial charge in [-0.2, -0.15) is 0 Å². The Balaban J connectivity index is 1.56. The third kappa shape index (κ3) is 3.72. The van der Waals surface area contributed by atoms with Gasteiger partial charge in [0, 0.05) is 25.3 Å². The van der Waals surface area contributed by atoms with Crippen molar-refractivity contribution in [3.63, 3.8) is 0 Å². The monoisotopic (exact) mass is 524 g/mol. The van der Waals surface area contributed by atoms with Crippen molar-refractivity contribution in [2.24, 2.45) is 56.0 Å². The molecule has 5 aliphatic rings. The molecule has 1 unspecified atom stereocenters. The van der Waals surface area contributed by atoms with Crippen LogP contribution in [0.1, 0.15) is 120 Å². The maximum absolute atomic E-state index is 14.5. The van der Waals surface area contributed by atoms with Crippen molar-refractivity contribution in [1.29, 1.82) is 0 Å². The molecule has 3 N–H and O–H groups in total. The minimum atomic E-state index is -0.209. The smallest absolute Gasteiger partial charge is 0.217 e. The number of nitrogens with one attached hydrogen (secondary N) is 1. The molecule has 5 heteroatoms. The van der Waals surface area contributed by atoms with Crippen LogP contribution < -0.4 is 11.1 Å².